The Morgan fingerprint density at radius 1 is 1.46 bits per heavy atom. The number of esters is 1. The summed E-state index contributed by atoms with van der Waals surface area (Å²) in [5.41, 5.74) is -0.0629. The molecule has 0 spiro atoms. The zero-order chi connectivity index (χ0) is 10.1. The number of hydrogen-bond donors (Lipinski definition) is 0. The summed E-state index contributed by atoms with van der Waals surface area (Å²) in [7, 11) is 1.39. The Morgan fingerprint density at radius 2 is 2.08 bits per heavy atom. The predicted molar refractivity (Wildman–Crippen MR) is 48.0 cm³/mol. The van der Waals surface area contributed by atoms with Gasteiger partial charge in [0.05, 0.1) is 13.0 Å². The Kier molecular flexibility index (Phi) is 2.55. The van der Waals surface area contributed by atoms with Gasteiger partial charge in [-0.2, -0.15) is 0 Å². The van der Waals surface area contributed by atoms with E-state index >= 15 is 0 Å². The maximum atomic E-state index is 11.2. The van der Waals surface area contributed by atoms with Crippen LogP contribution in [0.4, 0.5) is 0 Å². The van der Waals surface area contributed by atoms with Crippen molar-refractivity contribution in [3.8, 4) is 0 Å². The van der Waals surface area contributed by atoms with Gasteiger partial charge in [-0.15, -0.1) is 0 Å². The molecule has 72 valence electrons. The zero-order valence-electron chi connectivity index (χ0n) is 8.11. The van der Waals surface area contributed by atoms with E-state index in [4.69, 9.17) is 0 Å². The first-order valence-electron chi connectivity index (χ1n) is 4.25. The van der Waals surface area contributed by atoms with Crippen LogP contribution in [0.5, 0.6) is 0 Å². The van der Waals surface area contributed by atoms with E-state index in [1.165, 1.54) is 13.2 Å². The normalized spacial score (nSPS) is 30.1. The maximum Gasteiger partial charge on any atom is 0.309 e. The summed E-state index contributed by atoms with van der Waals surface area (Å²) in [6, 6.07) is 0. The number of aldehydes is 1. The van der Waals surface area contributed by atoms with E-state index in [2.05, 4.69) is 4.74 Å². The smallest absolute Gasteiger partial charge is 0.309 e. The molecule has 1 aliphatic rings. The highest BCUT2D eigenvalue weighted by molar-refractivity contribution is 5.78. The van der Waals surface area contributed by atoms with Gasteiger partial charge in [0, 0.05) is 0 Å². The first-order chi connectivity index (χ1) is 6.05. The van der Waals surface area contributed by atoms with Gasteiger partial charge in [-0.25, -0.2) is 0 Å². The molecule has 0 saturated heterocycles. The van der Waals surface area contributed by atoms with Crippen LogP contribution in [0.15, 0.2) is 12.2 Å². The molecule has 0 aliphatic heterocycles. The first kappa shape index (κ1) is 9.96. The molecule has 3 nitrogen and oxygen atoms in total. The Balaban J connectivity index is 2.65. The lowest BCUT2D eigenvalue weighted by atomic mass is 10.1. The molecule has 13 heavy (non-hydrogen) atoms. The van der Waals surface area contributed by atoms with E-state index in [1.807, 2.05) is 13.8 Å². The van der Waals surface area contributed by atoms with Crippen LogP contribution < -0.4 is 0 Å². The van der Waals surface area contributed by atoms with Crippen molar-refractivity contribution in [2.75, 3.05) is 7.11 Å². The van der Waals surface area contributed by atoms with Gasteiger partial charge in [-0.3, -0.25) is 9.59 Å². The molecule has 2 atom stereocenters. The average Bonchev–Trinajstić information content (AvgIpc) is 2.63. The molecule has 0 radical (unpaired) electrons. The van der Waals surface area contributed by atoms with Gasteiger partial charge >= 0.3 is 5.97 Å². The van der Waals surface area contributed by atoms with Crippen molar-refractivity contribution in [1.29, 1.82) is 0 Å². The SMILES string of the molecule is COC(=O)[C@@H]1[C@@H](/C=C/C=O)C1(C)C. The van der Waals surface area contributed by atoms with Crippen LogP contribution in [-0.4, -0.2) is 19.4 Å². The fourth-order valence-electron chi connectivity index (χ4n) is 1.78. The zero-order valence-corrected chi connectivity index (χ0v) is 8.11. The second-order valence-electron chi connectivity index (χ2n) is 3.87. The number of allylic oxidation sites excluding steroid dienone is 2. The van der Waals surface area contributed by atoms with Crippen LogP contribution in [0, 0.1) is 17.3 Å². The Morgan fingerprint density at radius 3 is 2.54 bits per heavy atom. The van der Waals surface area contributed by atoms with Gasteiger partial charge in [0.15, 0.2) is 0 Å². The summed E-state index contributed by atoms with van der Waals surface area (Å²) < 4.78 is 4.66. The highest BCUT2D eigenvalue weighted by Crippen LogP contribution is 2.59. The third-order valence-electron chi connectivity index (χ3n) is 2.76. The van der Waals surface area contributed by atoms with Crippen molar-refractivity contribution in [3.63, 3.8) is 0 Å². The van der Waals surface area contributed by atoms with E-state index in [0.717, 1.165) is 6.29 Å². The van der Waals surface area contributed by atoms with Crippen molar-refractivity contribution >= 4 is 12.3 Å². The van der Waals surface area contributed by atoms with Crippen molar-refractivity contribution < 1.29 is 14.3 Å². The number of ether oxygens (including phenoxy) is 1. The molecule has 0 aromatic rings. The van der Waals surface area contributed by atoms with E-state index in [-0.39, 0.29) is 23.2 Å². The monoisotopic (exact) mass is 182 g/mol. The molecule has 0 aromatic carbocycles. The first-order valence-corrected chi connectivity index (χ1v) is 4.25. The third kappa shape index (κ3) is 1.64. The minimum absolute atomic E-state index is 0.0629. The van der Waals surface area contributed by atoms with Crippen LogP contribution in [0.1, 0.15) is 13.8 Å². The Bertz CT molecular complexity index is 253. The summed E-state index contributed by atoms with van der Waals surface area (Å²) in [6.07, 6.45) is 3.94. The van der Waals surface area contributed by atoms with E-state index in [1.54, 1.807) is 6.08 Å². The van der Waals surface area contributed by atoms with Crippen molar-refractivity contribution in [3.05, 3.63) is 12.2 Å². The molecule has 1 saturated carbocycles. The average molecular weight is 182 g/mol. The number of hydrogen-bond acceptors (Lipinski definition) is 3. The molecule has 0 heterocycles. The topological polar surface area (TPSA) is 43.4 Å². The summed E-state index contributed by atoms with van der Waals surface area (Å²) in [5, 5.41) is 0. The van der Waals surface area contributed by atoms with Crippen molar-refractivity contribution in [1.82, 2.24) is 0 Å². The molecule has 3 heteroatoms. The van der Waals surface area contributed by atoms with Crippen molar-refractivity contribution in [2.24, 2.45) is 17.3 Å². The summed E-state index contributed by atoms with van der Waals surface area (Å²) >= 11 is 0. The summed E-state index contributed by atoms with van der Waals surface area (Å²) in [6.45, 7) is 3.99. The second-order valence-corrected chi connectivity index (χ2v) is 3.87. The highest BCUT2D eigenvalue weighted by Gasteiger charge is 2.61. The largest absolute Gasteiger partial charge is 0.469 e. The van der Waals surface area contributed by atoms with Crippen LogP contribution in [0.25, 0.3) is 0 Å². The fourth-order valence-corrected chi connectivity index (χ4v) is 1.78. The molecule has 0 unspecified atom stereocenters. The lowest BCUT2D eigenvalue weighted by molar-refractivity contribution is -0.143. The van der Waals surface area contributed by atoms with Gasteiger partial charge in [-0.05, 0) is 17.4 Å². The molecule has 1 aliphatic carbocycles. The molecule has 1 rings (SSSR count). The minimum Gasteiger partial charge on any atom is -0.469 e. The molecular formula is C10H14O3. The third-order valence-corrected chi connectivity index (χ3v) is 2.76. The molecule has 0 N–H and O–H groups in total. The molecule has 0 amide bonds. The van der Waals surface area contributed by atoms with E-state index < -0.39 is 0 Å². The summed E-state index contributed by atoms with van der Waals surface area (Å²) in [4.78, 5) is 21.3. The highest BCUT2D eigenvalue weighted by atomic mass is 16.5. The lowest BCUT2D eigenvalue weighted by Crippen LogP contribution is -2.07. The number of carbonyl (C=O) groups is 2. The standard InChI is InChI=1S/C10H14O3/c1-10(2)7(5-4-6-11)8(10)9(12)13-3/h4-8H,1-3H3/b5-4+/t7-,8+/m1/s1. The van der Waals surface area contributed by atoms with Gasteiger partial charge in [0.25, 0.3) is 0 Å². The van der Waals surface area contributed by atoms with Crippen LogP contribution >= 0.6 is 0 Å². The summed E-state index contributed by atoms with van der Waals surface area (Å²) in [5.74, 6) is -0.135. The Hall–Kier alpha value is -1.12. The van der Waals surface area contributed by atoms with E-state index in [0.29, 0.717) is 0 Å². The maximum absolute atomic E-state index is 11.2. The van der Waals surface area contributed by atoms with Crippen molar-refractivity contribution in [2.45, 2.75) is 13.8 Å². The minimum atomic E-state index is -0.189. The van der Waals surface area contributed by atoms with Crippen LogP contribution in [0.3, 0.4) is 0 Å². The molecule has 1 fully saturated rings. The number of methoxy groups -OCH3 is 1. The molecule has 0 bridgehead atoms. The van der Waals surface area contributed by atoms with Crippen LogP contribution in [0.2, 0.25) is 0 Å². The van der Waals surface area contributed by atoms with Gasteiger partial charge in [0.2, 0.25) is 0 Å². The Labute approximate surface area is 77.8 Å². The number of rotatable bonds is 3. The van der Waals surface area contributed by atoms with Gasteiger partial charge in [-0.1, -0.05) is 19.9 Å². The molecular weight excluding hydrogens is 168 g/mol. The van der Waals surface area contributed by atoms with E-state index in [9.17, 15) is 9.59 Å². The quantitative estimate of drug-likeness (QED) is 0.374. The number of carbonyl (C=O) groups excluding carboxylic acids is 2. The van der Waals surface area contributed by atoms with Gasteiger partial charge in [0.1, 0.15) is 6.29 Å². The molecule has 0 aromatic heterocycles. The predicted octanol–water partition coefficient (Wildman–Crippen LogP) is 1.19. The fraction of sp³-hybridized carbons (Fsp3) is 0.600. The lowest BCUT2D eigenvalue weighted by Gasteiger charge is -1.98. The van der Waals surface area contributed by atoms with Crippen LogP contribution in [-0.2, 0) is 14.3 Å². The second kappa shape index (κ2) is 3.32. The van der Waals surface area contributed by atoms with Gasteiger partial charge < -0.3 is 4.74 Å².